The summed E-state index contributed by atoms with van der Waals surface area (Å²) in [6, 6.07) is 6.80. The number of carbonyl (C=O) groups is 1. The highest BCUT2D eigenvalue weighted by Gasteiger charge is 2.38. The van der Waals surface area contributed by atoms with Gasteiger partial charge < -0.3 is 5.11 Å². The molecular formula is C11H5F4NO2S. The van der Waals surface area contributed by atoms with Gasteiger partial charge in [0.1, 0.15) is 11.9 Å². The fourth-order valence-corrected chi connectivity index (χ4v) is 2.01. The van der Waals surface area contributed by atoms with E-state index in [9.17, 15) is 17.6 Å². The molecule has 0 aliphatic heterocycles. The van der Waals surface area contributed by atoms with Crippen molar-refractivity contribution in [1.29, 1.82) is 5.26 Å². The van der Waals surface area contributed by atoms with E-state index in [1.807, 2.05) is 6.07 Å². The normalized spacial score (nSPS) is 10.5. The Labute approximate surface area is 108 Å². The molecule has 0 amide bonds. The molecule has 0 aliphatic carbocycles. The number of rotatable bonds is 0. The monoisotopic (exact) mass is 291 g/mol. The highest BCUT2D eigenvalue weighted by molar-refractivity contribution is 7.17. The number of halogens is 4. The molecular weight excluding hydrogens is 286 g/mol. The SMILES string of the molecule is N#Cc1csc2c(F)cccc12.O=C(O)C(F)(F)F. The standard InChI is InChI=1S/C9H4FNS.C2HF3O2/c10-8-3-1-2-7-6(4-11)5-12-9(7)8;3-2(4,5)1(6)7/h1-3,5H;(H,6,7). The Morgan fingerprint density at radius 3 is 2.42 bits per heavy atom. The first-order valence-electron chi connectivity index (χ1n) is 4.63. The number of nitriles is 1. The van der Waals surface area contributed by atoms with Crippen LogP contribution in [0.15, 0.2) is 23.6 Å². The van der Waals surface area contributed by atoms with Crippen LogP contribution in [0.5, 0.6) is 0 Å². The van der Waals surface area contributed by atoms with Crippen LogP contribution in [0, 0.1) is 17.1 Å². The van der Waals surface area contributed by atoms with E-state index in [1.54, 1.807) is 17.5 Å². The zero-order valence-electron chi connectivity index (χ0n) is 9.03. The van der Waals surface area contributed by atoms with Crippen molar-refractivity contribution < 1.29 is 27.5 Å². The molecule has 1 heterocycles. The number of alkyl halides is 3. The molecule has 0 atom stereocenters. The number of aliphatic carboxylic acids is 1. The average Bonchev–Trinajstić information content (AvgIpc) is 2.73. The van der Waals surface area contributed by atoms with E-state index in [0.29, 0.717) is 15.6 Å². The first-order chi connectivity index (χ1) is 8.77. The Bertz CT molecular complexity index is 642. The summed E-state index contributed by atoms with van der Waals surface area (Å²) in [6.07, 6.45) is -5.08. The Morgan fingerprint density at radius 2 is 1.95 bits per heavy atom. The zero-order valence-corrected chi connectivity index (χ0v) is 9.85. The molecule has 0 bridgehead atoms. The lowest BCUT2D eigenvalue weighted by Gasteiger charge is -1.93. The van der Waals surface area contributed by atoms with Crippen molar-refractivity contribution in [3.8, 4) is 6.07 Å². The number of benzene rings is 1. The Morgan fingerprint density at radius 1 is 1.37 bits per heavy atom. The number of carboxylic acids is 1. The van der Waals surface area contributed by atoms with Gasteiger partial charge in [-0.15, -0.1) is 11.3 Å². The number of thiophene rings is 1. The van der Waals surface area contributed by atoms with Crippen molar-refractivity contribution >= 4 is 27.4 Å². The van der Waals surface area contributed by atoms with Gasteiger partial charge in [0.05, 0.1) is 10.3 Å². The van der Waals surface area contributed by atoms with Crippen molar-refractivity contribution in [3.05, 3.63) is 35.0 Å². The molecule has 3 nitrogen and oxygen atoms in total. The van der Waals surface area contributed by atoms with Crippen LogP contribution in [0.3, 0.4) is 0 Å². The van der Waals surface area contributed by atoms with Crippen molar-refractivity contribution in [2.45, 2.75) is 6.18 Å². The molecule has 2 aromatic rings. The summed E-state index contributed by atoms with van der Waals surface area (Å²) in [7, 11) is 0. The summed E-state index contributed by atoms with van der Waals surface area (Å²) in [5.41, 5.74) is 0.550. The summed E-state index contributed by atoms with van der Waals surface area (Å²) < 4.78 is 45.3. The molecule has 0 fully saturated rings. The maximum atomic E-state index is 13.0. The lowest BCUT2D eigenvalue weighted by atomic mass is 10.2. The van der Waals surface area contributed by atoms with Crippen LogP contribution in [0.4, 0.5) is 17.6 Å². The quantitative estimate of drug-likeness (QED) is 0.755. The van der Waals surface area contributed by atoms with Crippen molar-refractivity contribution in [1.82, 2.24) is 0 Å². The third kappa shape index (κ3) is 3.66. The van der Waals surface area contributed by atoms with Gasteiger partial charge in [0, 0.05) is 10.8 Å². The van der Waals surface area contributed by atoms with Gasteiger partial charge in [0.25, 0.3) is 0 Å². The van der Waals surface area contributed by atoms with Crippen LogP contribution in [0.25, 0.3) is 10.1 Å². The minimum atomic E-state index is -5.08. The van der Waals surface area contributed by atoms with E-state index in [-0.39, 0.29) is 5.82 Å². The van der Waals surface area contributed by atoms with Crippen LogP contribution in [0.2, 0.25) is 0 Å². The lowest BCUT2D eigenvalue weighted by molar-refractivity contribution is -0.192. The summed E-state index contributed by atoms with van der Waals surface area (Å²) in [5.74, 6) is -3.01. The molecule has 0 radical (unpaired) electrons. The van der Waals surface area contributed by atoms with Crippen LogP contribution < -0.4 is 0 Å². The second-order valence-electron chi connectivity index (χ2n) is 3.18. The maximum Gasteiger partial charge on any atom is 0.490 e. The zero-order chi connectivity index (χ0) is 14.6. The van der Waals surface area contributed by atoms with E-state index in [2.05, 4.69) is 0 Å². The van der Waals surface area contributed by atoms with E-state index in [4.69, 9.17) is 15.2 Å². The minimum Gasteiger partial charge on any atom is -0.475 e. The van der Waals surface area contributed by atoms with Crippen LogP contribution >= 0.6 is 11.3 Å². The Hall–Kier alpha value is -2.14. The van der Waals surface area contributed by atoms with Crippen LogP contribution in [-0.2, 0) is 4.79 Å². The van der Waals surface area contributed by atoms with E-state index in [1.165, 1.54) is 17.4 Å². The molecule has 0 aliphatic rings. The van der Waals surface area contributed by atoms with Crippen LogP contribution in [-0.4, -0.2) is 17.3 Å². The first-order valence-corrected chi connectivity index (χ1v) is 5.51. The molecule has 0 saturated heterocycles. The number of fused-ring (bicyclic) bond motifs is 1. The Balaban J connectivity index is 0.000000224. The maximum absolute atomic E-state index is 13.0. The molecule has 1 aromatic carbocycles. The molecule has 19 heavy (non-hydrogen) atoms. The largest absolute Gasteiger partial charge is 0.490 e. The van der Waals surface area contributed by atoms with Gasteiger partial charge in [-0.3, -0.25) is 0 Å². The van der Waals surface area contributed by atoms with Gasteiger partial charge in [-0.25, -0.2) is 9.18 Å². The second kappa shape index (κ2) is 5.67. The second-order valence-corrected chi connectivity index (χ2v) is 4.06. The summed E-state index contributed by atoms with van der Waals surface area (Å²) in [6.45, 7) is 0. The molecule has 2 rings (SSSR count). The van der Waals surface area contributed by atoms with Gasteiger partial charge in [-0.2, -0.15) is 18.4 Å². The lowest BCUT2D eigenvalue weighted by Crippen LogP contribution is -2.21. The van der Waals surface area contributed by atoms with Gasteiger partial charge >= 0.3 is 12.1 Å². The molecule has 100 valence electrons. The van der Waals surface area contributed by atoms with E-state index in [0.717, 1.165) is 0 Å². The van der Waals surface area contributed by atoms with E-state index >= 15 is 0 Å². The summed E-state index contributed by atoms with van der Waals surface area (Å²) >= 11 is 1.27. The fourth-order valence-electron chi connectivity index (χ4n) is 1.11. The van der Waals surface area contributed by atoms with Crippen LogP contribution in [0.1, 0.15) is 5.56 Å². The predicted molar refractivity (Wildman–Crippen MR) is 60.2 cm³/mol. The highest BCUT2D eigenvalue weighted by atomic mass is 32.1. The van der Waals surface area contributed by atoms with Gasteiger partial charge in [0.2, 0.25) is 0 Å². The fraction of sp³-hybridized carbons (Fsp3) is 0.0909. The topological polar surface area (TPSA) is 61.1 Å². The average molecular weight is 291 g/mol. The summed E-state index contributed by atoms with van der Waals surface area (Å²) in [5, 5.41) is 18.2. The third-order valence-electron chi connectivity index (χ3n) is 1.91. The predicted octanol–water partition coefficient (Wildman–Crippen LogP) is 3.55. The van der Waals surface area contributed by atoms with Crippen molar-refractivity contribution in [3.63, 3.8) is 0 Å². The summed E-state index contributed by atoms with van der Waals surface area (Å²) in [4.78, 5) is 8.90. The van der Waals surface area contributed by atoms with Crippen molar-refractivity contribution in [2.24, 2.45) is 0 Å². The third-order valence-corrected chi connectivity index (χ3v) is 2.92. The number of nitrogens with zero attached hydrogens (tertiary/aromatic N) is 1. The molecule has 0 unspecified atom stereocenters. The Kier molecular flexibility index (Phi) is 4.45. The number of hydrogen-bond acceptors (Lipinski definition) is 3. The number of hydrogen-bond donors (Lipinski definition) is 1. The highest BCUT2D eigenvalue weighted by Crippen LogP contribution is 2.27. The molecule has 0 saturated carbocycles. The smallest absolute Gasteiger partial charge is 0.475 e. The van der Waals surface area contributed by atoms with Gasteiger partial charge in [-0.1, -0.05) is 12.1 Å². The van der Waals surface area contributed by atoms with Crippen molar-refractivity contribution in [2.75, 3.05) is 0 Å². The molecule has 1 aromatic heterocycles. The first kappa shape index (κ1) is 14.9. The molecule has 1 N–H and O–H groups in total. The van der Waals surface area contributed by atoms with E-state index < -0.39 is 12.1 Å². The minimum absolute atomic E-state index is 0.251. The molecule has 0 spiro atoms. The van der Waals surface area contributed by atoms with Gasteiger partial charge in [-0.05, 0) is 6.07 Å². The molecule has 8 heteroatoms. The number of carboxylic acid groups (broad SMARTS) is 1. The van der Waals surface area contributed by atoms with Gasteiger partial charge in [0.15, 0.2) is 0 Å².